The highest BCUT2D eigenvalue weighted by Gasteiger charge is 2.51. The van der Waals surface area contributed by atoms with Gasteiger partial charge in [0, 0.05) is 48.2 Å². The maximum atomic E-state index is 14.3. The molecule has 2 amide bonds. The van der Waals surface area contributed by atoms with E-state index < -0.39 is 12.1 Å². The lowest BCUT2D eigenvalue weighted by Gasteiger charge is -2.48. The summed E-state index contributed by atoms with van der Waals surface area (Å²) in [6.45, 7) is 1.85. The first-order valence-electron chi connectivity index (χ1n) is 16.8. The number of piperazine rings is 1. The lowest BCUT2D eigenvalue weighted by Crippen LogP contribution is -2.69. The molecule has 8 atom stereocenters. The number of hydrogen-bond donors (Lipinski definition) is 2. The Morgan fingerprint density at radius 3 is 1.52 bits per heavy atom. The van der Waals surface area contributed by atoms with Crippen LogP contribution in [0.3, 0.4) is 0 Å². The molecule has 5 saturated heterocycles. The molecule has 0 spiro atoms. The number of phenols is 2. The summed E-state index contributed by atoms with van der Waals surface area (Å²) in [6, 6.07) is 13.1. The first-order valence-corrected chi connectivity index (χ1v) is 21.4. The van der Waals surface area contributed by atoms with Gasteiger partial charge in [-0.25, -0.2) is 9.98 Å². The van der Waals surface area contributed by atoms with E-state index in [4.69, 9.17) is 19.5 Å². The Kier molecular flexibility index (Phi) is 9.85. The van der Waals surface area contributed by atoms with Crippen LogP contribution in [0.1, 0.15) is 11.1 Å². The van der Waals surface area contributed by atoms with Gasteiger partial charge in [0.1, 0.15) is 48.9 Å². The first kappa shape index (κ1) is 34.3. The van der Waals surface area contributed by atoms with Gasteiger partial charge in [0.2, 0.25) is 23.6 Å². The summed E-state index contributed by atoms with van der Waals surface area (Å²) < 4.78 is 11.8. The van der Waals surface area contributed by atoms with Crippen LogP contribution in [0.2, 0.25) is 0 Å². The number of para-hydroxylation sites is 2. The van der Waals surface area contributed by atoms with E-state index in [0.717, 1.165) is 11.5 Å². The third-order valence-electron chi connectivity index (χ3n) is 10.4. The van der Waals surface area contributed by atoms with Gasteiger partial charge in [0.05, 0.1) is 21.9 Å². The Labute approximate surface area is 307 Å². The van der Waals surface area contributed by atoms with Gasteiger partial charge in [-0.3, -0.25) is 19.4 Å². The summed E-state index contributed by atoms with van der Waals surface area (Å²) in [6.07, 6.45) is 0. The van der Waals surface area contributed by atoms with Crippen molar-refractivity contribution in [3.05, 3.63) is 59.7 Å². The van der Waals surface area contributed by atoms with E-state index in [0.29, 0.717) is 60.7 Å². The largest absolute Gasteiger partial charge is 0.507 e. The topological polar surface area (TPSA) is 131 Å². The van der Waals surface area contributed by atoms with Crippen LogP contribution < -0.4 is 0 Å². The molecule has 2 aromatic carbocycles. The summed E-state index contributed by atoms with van der Waals surface area (Å²) in [4.78, 5) is 46.5. The molecule has 9 rings (SSSR count). The van der Waals surface area contributed by atoms with Gasteiger partial charge >= 0.3 is 0 Å². The fraction of sp³-hybridized carbons (Fsp3) is 0.529. The van der Waals surface area contributed by atoms with E-state index in [1.807, 2.05) is 21.9 Å². The molecule has 266 valence electrons. The van der Waals surface area contributed by atoms with Crippen LogP contribution in [0.4, 0.5) is 0 Å². The van der Waals surface area contributed by atoms with Crippen LogP contribution in [0, 0.1) is 0 Å². The minimum absolute atomic E-state index is 0.0410. The number of thioether (sulfide) groups is 2. The van der Waals surface area contributed by atoms with E-state index in [1.165, 1.54) is 0 Å². The van der Waals surface area contributed by atoms with E-state index in [1.54, 1.807) is 81.5 Å². The minimum atomic E-state index is -0.501. The van der Waals surface area contributed by atoms with Gasteiger partial charge in [-0.1, -0.05) is 45.9 Å². The molecule has 0 saturated carbocycles. The number of carbonyl (C=O) groups excluding carboxylic acids is 2. The summed E-state index contributed by atoms with van der Waals surface area (Å²) in [7, 11) is 7.51. The second-order valence-electron chi connectivity index (χ2n) is 13.3. The fourth-order valence-corrected chi connectivity index (χ4v) is 13.0. The average Bonchev–Trinajstić information content (AvgIpc) is 3.92. The molecule has 5 fully saturated rings. The first-order chi connectivity index (χ1) is 24.3. The Morgan fingerprint density at radius 2 is 1.10 bits per heavy atom. The number of carbonyl (C=O) groups is 2. The Balaban J connectivity index is 0.920. The molecule has 2 bridgehead atoms. The van der Waals surface area contributed by atoms with E-state index >= 15 is 0 Å². The highest BCUT2D eigenvalue weighted by Crippen LogP contribution is 2.40. The molecule has 7 aliphatic heterocycles. The fourth-order valence-electron chi connectivity index (χ4n) is 7.50. The van der Waals surface area contributed by atoms with Gasteiger partial charge < -0.3 is 29.5 Å². The predicted molar refractivity (Wildman–Crippen MR) is 200 cm³/mol. The van der Waals surface area contributed by atoms with Gasteiger partial charge in [-0.2, -0.15) is 0 Å². The second-order valence-corrected chi connectivity index (χ2v) is 18.2. The van der Waals surface area contributed by atoms with Crippen molar-refractivity contribution >= 4 is 68.7 Å². The normalized spacial score (nSPS) is 33.3. The molecule has 2 aromatic rings. The number of rotatable bonds is 8. The van der Waals surface area contributed by atoms with Crippen LogP contribution in [0.5, 0.6) is 11.5 Å². The van der Waals surface area contributed by atoms with Gasteiger partial charge in [-0.15, -0.1) is 23.5 Å². The maximum Gasteiger partial charge on any atom is 0.247 e. The van der Waals surface area contributed by atoms with Crippen molar-refractivity contribution in [2.45, 2.75) is 47.0 Å². The Morgan fingerprint density at radius 1 is 0.680 bits per heavy atom. The number of amides is 2. The van der Waals surface area contributed by atoms with Crippen LogP contribution >= 0.6 is 45.1 Å². The minimum Gasteiger partial charge on any atom is -0.507 e. The predicted octanol–water partition coefficient (Wildman–Crippen LogP) is 2.64. The molecular formula is C34H40N6O6S4. The highest BCUT2D eigenvalue weighted by molar-refractivity contribution is 8.76. The molecular weight excluding hydrogens is 717 g/mol. The van der Waals surface area contributed by atoms with E-state index in [-0.39, 0.29) is 58.2 Å². The molecule has 7 aliphatic rings. The van der Waals surface area contributed by atoms with Crippen molar-refractivity contribution in [1.82, 2.24) is 19.6 Å². The highest BCUT2D eigenvalue weighted by atomic mass is 33.1. The zero-order valence-corrected chi connectivity index (χ0v) is 31.0. The lowest BCUT2D eigenvalue weighted by molar-refractivity contribution is -0.161. The maximum absolute atomic E-state index is 14.3. The SMILES string of the molecule is CN1[C@@H](CN2C(=O)C3CSSCC2C(=O)N3C[C@H]2CS[C@@H]([C@@H]3COC(c4ccccc4O)=N3)N2C)CS[C@H]1[C@@H]1COC(c2ccccc2O)=N1. The zero-order chi connectivity index (χ0) is 34.5. The molecule has 0 aromatic heterocycles. The number of aliphatic imine (C=N–C) groups is 2. The summed E-state index contributed by atoms with van der Waals surface area (Å²) >= 11 is 3.61. The van der Waals surface area contributed by atoms with Crippen molar-refractivity contribution in [3.63, 3.8) is 0 Å². The summed E-state index contributed by atoms with van der Waals surface area (Å²) in [5, 5.41) is 20.7. The van der Waals surface area contributed by atoms with Gasteiger partial charge in [0.25, 0.3) is 0 Å². The number of nitrogens with zero attached hydrogens (tertiary/aromatic N) is 6. The number of ether oxygens (including phenoxy) is 2. The molecule has 0 aliphatic carbocycles. The second kappa shape index (κ2) is 14.3. The number of fused-ring (bicyclic) bond motifs is 5. The van der Waals surface area contributed by atoms with E-state index in [2.05, 4.69) is 23.9 Å². The number of aromatic hydroxyl groups is 2. The number of phenolic OH excluding ortho intramolecular Hbond substituents is 2. The van der Waals surface area contributed by atoms with E-state index in [9.17, 15) is 19.8 Å². The average molecular weight is 757 g/mol. The standard InChI is InChI=1S/C34H40N6O6S4/c1-37-19(15-47-33(37)23-13-45-29(35-23)21-7-3-5-9-27(21)41)11-39-25-17-49-50-18-26(31(39)43)40(32(25)44)12-20-16-48-34(38(20)2)24-14-46-30(36-24)22-8-4-6-10-28(22)42/h3-10,19-20,23-26,33-34,41-42H,11-18H2,1-2H3/t19-,20-,23-,24-,25?,26?,33-,34-/m0/s1. The molecule has 7 heterocycles. The van der Waals surface area contributed by atoms with Crippen LogP contribution in [-0.2, 0) is 19.1 Å². The molecule has 50 heavy (non-hydrogen) atoms. The quantitative estimate of drug-likeness (QED) is 0.385. The molecule has 12 nitrogen and oxygen atoms in total. The molecule has 0 radical (unpaired) electrons. The number of hydrogen-bond acceptors (Lipinski definition) is 14. The third-order valence-corrected chi connectivity index (χ3v) is 15.9. The van der Waals surface area contributed by atoms with Crippen LogP contribution in [-0.4, -0.2) is 164 Å². The number of likely N-dealkylation sites (N-methyl/N-ethyl adjacent to an activating group) is 2. The monoisotopic (exact) mass is 756 g/mol. The lowest BCUT2D eigenvalue weighted by atomic mass is 10.0. The van der Waals surface area contributed by atoms with Crippen molar-refractivity contribution < 1.29 is 29.3 Å². The third kappa shape index (κ3) is 6.33. The molecule has 2 unspecified atom stereocenters. The van der Waals surface area contributed by atoms with Gasteiger partial charge in [0.15, 0.2) is 0 Å². The summed E-state index contributed by atoms with van der Waals surface area (Å²) in [5.41, 5.74) is 1.19. The van der Waals surface area contributed by atoms with Crippen molar-refractivity contribution in [3.8, 4) is 11.5 Å². The zero-order valence-electron chi connectivity index (χ0n) is 27.7. The number of benzene rings is 2. The van der Waals surface area contributed by atoms with Crippen molar-refractivity contribution in [2.75, 3.05) is 63.4 Å². The van der Waals surface area contributed by atoms with Crippen molar-refractivity contribution in [1.29, 1.82) is 0 Å². The Bertz CT molecular complexity index is 1580. The van der Waals surface area contributed by atoms with Crippen molar-refractivity contribution in [2.24, 2.45) is 9.98 Å². The Hall–Kier alpha value is -2.76. The molecule has 2 N–H and O–H groups in total. The smallest absolute Gasteiger partial charge is 0.247 e. The summed E-state index contributed by atoms with van der Waals surface area (Å²) in [5.74, 6) is 4.07. The van der Waals surface area contributed by atoms with Crippen LogP contribution in [0.25, 0.3) is 0 Å². The molecule has 16 heteroatoms. The van der Waals surface area contributed by atoms with Gasteiger partial charge in [-0.05, 0) is 38.4 Å². The van der Waals surface area contributed by atoms with Crippen LogP contribution in [0.15, 0.2) is 58.5 Å².